The second-order valence-electron chi connectivity index (χ2n) is 23.2. The standard InChI is InChI=1S/C61H55N/c1-5-6-7-8-9-10-11-12-13-14-15-29-16-18-30(19-17-29)59-61-56-28(3)55-36-25-23-34-32-21-20-31-33-22-24-35-37-27(2)38(56)52-45(37)48-43(35)41(33)46-39(31)40(32)47-42(34)44(36)57(60(55,61)26-62(59)4)53-50(47)49(46)51(48)54(53)58(52)61/h16-25,27-28,31-32,34,39-40,42,59H,5-15,26H2,1-4H3. The van der Waals surface area contributed by atoms with Crippen molar-refractivity contribution >= 4 is 59.8 Å². The number of allylic oxidation sites excluding steroid dienone is 7. The van der Waals surface area contributed by atoms with Crippen molar-refractivity contribution in [3.63, 3.8) is 0 Å². The molecule has 1 saturated heterocycles. The van der Waals surface area contributed by atoms with Crippen LogP contribution in [-0.2, 0) is 11.8 Å². The molecule has 2 saturated carbocycles. The molecule has 1 heterocycles. The number of nitrogens with zero attached hydrogens (tertiary/aromatic N) is 1. The summed E-state index contributed by atoms with van der Waals surface area (Å²) in [7, 11) is 2.54. The summed E-state index contributed by atoms with van der Waals surface area (Å²) >= 11 is 0. The van der Waals surface area contributed by atoms with E-state index in [1.165, 1.54) is 70.6 Å². The van der Waals surface area contributed by atoms with Crippen LogP contribution in [0, 0.1) is 35.0 Å². The van der Waals surface area contributed by atoms with E-state index in [4.69, 9.17) is 0 Å². The van der Waals surface area contributed by atoms with Gasteiger partial charge in [0.05, 0.1) is 5.41 Å². The third-order valence-electron chi connectivity index (χ3n) is 21.3. The van der Waals surface area contributed by atoms with Gasteiger partial charge in [-0.2, -0.15) is 0 Å². The lowest BCUT2D eigenvalue weighted by Crippen LogP contribution is -2.47. The van der Waals surface area contributed by atoms with Crippen LogP contribution in [0.25, 0.3) is 59.8 Å². The molecular weight excluding hydrogens is 747 g/mol. The van der Waals surface area contributed by atoms with Crippen LogP contribution in [0.3, 0.4) is 0 Å². The summed E-state index contributed by atoms with van der Waals surface area (Å²) in [5.74, 6) is 4.37. The molecule has 3 fully saturated rings. The molecular formula is C61H55N. The van der Waals surface area contributed by atoms with Crippen LogP contribution in [0.1, 0.15) is 153 Å². The van der Waals surface area contributed by atoms with E-state index < -0.39 is 0 Å². The fourth-order valence-corrected chi connectivity index (χ4v) is 20.2. The second kappa shape index (κ2) is 10.1. The molecule has 6 aromatic carbocycles. The molecule has 0 amide bonds. The summed E-state index contributed by atoms with van der Waals surface area (Å²) < 4.78 is 0. The van der Waals surface area contributed by atoms with E-state index in [0.717, 1.165) is 6.54 Å². The fourth-order valence-electron chi connectivity index (χ4n) is 20.2. The van der Waals surface area contributed by atoms with Crippen LogP contribution in [0.2, 0.25) is 0 Å². The molecule has 18 rings (SSSR count). The van der Waals surface area contributed by atoms with Crippen LogP contribution in [0.15, 0.2) is 83.0 Å². The molecule has 11 aliphatic carbocycles. The van der Waals surface area contributed by atoms with Crippen LogP contribution in [-0.4, -0.2) is 18.5 Å². The van der Waals surface area contributed by atoms with Gasteiger partial charge in [-0.15, -0.1) is 0 Å². The van der Waals surface area contributed by atoms with Crippen molar-refractivity contribution in [2.45, 2.75) is 121 Å². The summed E-state index contributed by atoms with van der Waals surface area (Å²) in [6, 6.07) is 16.0. The van der Waals surface area contributed by atoms with Crippen molar-refractivity contribution in [3.8, 4) is 0 Å². The Kier molecular flexibility index (Phi) is 5.38. The number of aryl methyl sites for hydroxylation is 1. The molecule has 304 valence electrons. The number of hydrogen-bond acceptors (Lipinski definition) is 1. The number of hydrogen-bond donors (Lipinski definition) is 0. The van der Waals surface area contributed by atoms with Crippen molar-refractivity contribution in [3.05, 3.63) is 133 Å². The molecule has 0 radical (unpaired) electrons. The maximum atomic E-state index is 2.91. The molecule has 6 aromatic rings. The largest absolute Gasteiger partial charge is 0.297 e. The Morgan fingerprint density at radius 3 is 2.27 bits per heavy atom. The van der Waals surface area contributed by atoms with Gasteiger partial charge in [0.2, 0.25) is 0 Å². The number of fused-ring (bicyclic) bond motifs is 3. The Morgan fingerprint density at radius 2 is 1.45 bits per heavy atom. The summed E-state index contributed by atoms with van der Waals surface area (Å²) in [5, 5.41) is 15.4. The monoisotopic (exact) mass is 801 g/mol. The Hall–Kier alpha value is -4.46. The maximum absolute atomic E-state index is 2.91. The van der Waals surface area contributed by atoms with E-state index in [-0.39, 0.29) is 10.8 Å². The first kappa shape index (κ1) is 33.1. The van der Waals surface area contributed by atoms with Gasteiger partial charge in [0.15, 0.2) is 0 Å². The van der Waals surface area contributed by atoms with Gasteiger partial charge < -0.3 is 0 Å². The van der Waals surface area contributed by atoms with Gasteiger partial charge in [-0.05, 0) is 169 Å². The van der Waals surface area contributed by atoms with E-state index >= 15 is 0 Å². The molecule has 1 nitrogen and oxygen atoms in total. The van der Waals surface area contributed by atoms with Crippen LogP contribution < -0.4 is 5.22 Å². The predicted molar refractivity (Wildman–Crippen MR) is 255 cm³/mol. The van der Waals surface area contributed by atoms with Crippen molar-refractivity contribution in [1.82, 2.24) is 4.90 Å². The SMILES string of the molecule is CCCCCCCCCCCCc1ccc(C2N(C)CC34C5=C6C7=C3C(C)C3=C8c9c(c%10c5c5c%11c%12c%13c(ccc%14c(c9c(c%14%13)c%10%11)C8C)C8C=CC9C(C=C7)C6C=5C9C%128)C324)cc1. The Balaban J connectivity index is 0.889. The lowest BCUT2D eigenvalue weighted by atomic mass is 9.51. The van der Waals surface area contributed by atoms with Crippen LogP contribution in [0.4, 0.5) is 0 Å². The molecule has 11 unspecified atom stereocenters. The highest BCUT2D eigenvalue weighted by atomic mass is 15.2. The van der Waals surface area contributed by atoms with E-state index in [2.05, 4.69) is 93.4 Å². The first-order valence-corrected chi connectivity index (χ1v) is 25.6. The van der Waals surface area contributed by atoms with Crippen molar-refractivity contribution < 1.29 is 0 Å². The molecule has 1 heteroatoms. The van der Waals surface area contributed by atoms with Crippen molar-refractivity contribution in [2.75, 3.05) is 13.6 Å². The molecule has 0 N–H and O–H groups in total. The Labute approximate surface area is 365 Å². The zero-order valence-corrected chi connectivity index (χ0v) is 36.9. The molecule has 12 aliphatic rings. The van der Waals surface area contributed by atoms with Crippen molar-refractivity contribution in [2.24, 2.45) is 35.0 Å². The average Bonchev–Trinajstić information content (AvgIpc) is 4.16. The average molecular weight is 802 g/mol. The lowest BCUT2D eigenvalue weighted by Gasteiger charge is -2.49. The summed E-state index contributed by atoms with van der Waals surface area (Å²) in [5.41, 5.74) is 26.3. The lowest BCUT2D eigenvalue weighted by molar-refractivity contribution is 0.266. The molecule has 0 aromatic heterocycles. The van der Waals surface area contributed by atoms with E-state index in [9.17, 15) is 0 Å². The van der Waals surface area contributed by atoms with Gasteiger partial charge >= 0.3 is 0 Å². The van der Waals surface area contributed by atoms with Crippen LogP contribution >= 0.6 is 0 Å². The molecule has 1 aliphatic heterocycles. The molecule has 0 bridgehead atoms. The third-order valence-corrected chi connectivity index (χ3v) is 21.3. The molecule has 62 heavy (non-hydrogen) atoms. The van der Waals surface area contributed by atoms with Gasteiger partial charge in [-0.3, -0.25) is 4.90 Å². The number of unbranched alkanes of at least 4 members (excludes halogenated alkanes) is 9. The van der Waals surface area contributed by atoms with Crippen molar-refractivity contribution in [1.29, 1.82) is 0 Å². The highest BCUT2D eigenvalue weighted by Crippen LogP contribution is 2.88. The van der Waals surface area contributed by atoms with Gasteiger partial charge in [0.1, 0.15) is 0 Å². The van der Waals surface area contributed by atoms with E-state index in [1.54, 1.807) is 98.4 Å². The quantitative estimate of drug-likeness (QED) is 0.0677. The Bertz CT molecular complexity index is 3470. The molecule has 11 atom stereocenters. The molecule has 2 spiro atoms. The number of likely N-dealkylation sites (N-methyl/N-ethyl adjacent to an activating group) is 1. The van der Waals surface area contributed by atoms with E-state index in [0.29, 0.717) is 53.4 Å². The highest BCUT2D eigenvalue weighted by molar-refractivity contribution is 6.43. The number of likely N-dealkylation sites (tertiary alicyclic amines) is 1. The first-order valence-electron chi connectivity index (χ1n) is 25.6. The van der Waals surface area contributed by atoms with Crippen LogP contribution in [0.5, 0.6) is 0 Å². The zero-order chi connectivity index (χ0) is 40.2. The maximum Gasteiger partial charge on any atom is 0.0530 e. The minimum atomic E-state index is -0.0671. The minimum Gasteiger partial charge on any atom is -0.297 e. The third kappa shape index (κ3) is 2.86. The number of rotatable bonds is 12. The zero-order valence-electron chi connectivity index (χ0n) is 36.9. The van der Waals surface area contributed by atoms with Gasteiger partial charge in [0.25, 0.3) is 0 Å². The van der Waals surface area contributed by atoms with Gasteiger partial charge in [0, 0.05) is 47.6 Å². The topological polar surface area (TPSA) is 3.24 Å². The normalized spacial score (nSPS) is 36.3. The predicted octanol–water partition coefficient (Wildman–Crippen LogP) is 13.9. The van der Waals surface area contributed by atoms with Gasteiger partial charge in [-0.1, -0.05) is 139 Å². The van der Waals surface area contributed by atoms with E-state index in [1.807, 2.05) is 33.4 Å². The smallest absolute Gasteiger partial charge is 0.0530 e. The first-order chi connectivity index (χ1) is 30.6. The Morgan fingerprint density at radius 1 is 0.661 bits per heavy atom. The summed E-state index contributed by atoms with van der Waals surface area (Å²) in [6.07, 6.45) is 26.2. The second-order valence-corrected chi connectivity index (χ2v) is 23.2. The highest BCUT2D eigenvalue weighted by Gasteiger charge is 2.81. The summed E-state index contributed by atoms with van der Waals surface area (Å²) in [6.45, 7) is 8.81. The number of benzene rings is 4. The van der Waals surface area contributed by atoms with Gasteiger partial charge in [-0.25, -0.2) is 0 Å². The minimum absolute atomic E-state index is 0.00877. The fraction of sp³-hybridized carbons (Fsp3) is 0.443. The summed E-state index contributed by atoms with van der Waals surface area (Å²) in [4.78, 5) is 2.91.